The molecule has 6 heteroatoms. The van der Waals surface area contributed by atoms with E-state index in [1.54, 1.807) is 23.0 Å². The molecule has 3 unspecified atom stereocenters. The van der Waals surface area contributed by atoms with Gasteiger partial charge in [-0.2, -0.15) is 13.2 Å². The maximum atomic E-state index is 14.0. The van der Waals surface area contributed by atoms with Gasteiger partial charge < -0.3 is 8.17 Å². The Morgan fingerprint density at radius 1 is 1.00 bits per heavy atom. The van der Waals surface area contributed by atoms with Crippen LogP contribution in [0.4, 0.5) is 13.2 Å². The van der Waals surface area contributed by atoms with Crippen molar-refractivity contribution in [1.29, 1.82) is 0 Å². The van der Waals surface area contributed by atoms with E-state index in [-0.39, 0.29) is 18.8 Å². The van der Waals surface area contributed by atoms with Crippen molar-refractivity contribution in [3.63, 3.8) is 0 Å². The van der Waals surface area contributed by atoms with E-state index in [9.17, 15) is 18.3 Å². The number of aliphatic hydroxyl groups excluding tert-OH is 1. The first-order valence-electron chi connectivity index (χ1n) is 7.93. The smallest absolute Gasteiger partial charge is 0.390 e. The minimum Gasteiger partial charge on any atom is -0.390 e. The lowest BCUT2D eigenvalue weighted by Crippen LogP contribution is -2.47. The summed E-state index contributed by atoms with van der Waals surface area (Å²) in [5.41, 5.74) is -1.68. The molecule has 2 saturated carbocycles. The second-order valence-electron chi connectivity index (χ2n) is 6.63. The van der Waals surface area contributed by atoms with Crippen molar-refractivity contribution < 1.29 is 21.3 Å². The first-order valence-corrected chi connectivity index (χ1v) is 8.81. The van der Waals surface area contributed by atoms with Crippen molar-refractivity contribution in [2.75, 3.05) is 0 Å². The summed E-state index contributed by atoms with van der Waals surface area (Å²) >= 11 is 1.64. The van der Waals surface area contributed by atoms with Gasteiger partial charge in [-0.25, -0.2) is 0 Å². The van der Waals surface area contributed by atoms with Gasteiger partial charge in [-0.1, -0.05) is 25.7 Å². The van der Waals surface area contributed by atoms with E-state index in [0.29, 0.717) is 25.7 Å². The lowest BCUT2D eigenvalue weighted by Gasteiger charge is -2.43. The van der Waals surface area contributed by atoms with Crippen LogP contribution in [-0.2, 0) is 3.07 Å². The van der Waals surface area contributed by atoms with Gasteiger partial charge in [0.25, 0.3) is 0 Å². The Labute approximate surface area is 138 Å². The van der Waals surface area contributed by atoms with Crippen molar-refractivity contribution in [1.82, 2.24) is 0 Å². The van der Waals surface area contributed by atoms with Crippen LogP contribution in [0.25, 0.3) is 0 Å². The molecule has 0 bridgehead atoms. The van der Waals surface area contributed by atoms with E-state index < -0.39 is 23.8 Å². The standard InChI is InChI=1S/C15H24F3IO2/c16-15(17,18)14(11-6-3-1-2-4-7-11)9-5-8-12(20)13(10-14)21-19/h11-13,20H,1-10H2. The summed E-state index contributed by atoms with van der Waals surface area (Å²) in [7, 11) is 0. The largest absolute Gasteiger partial charge is 0.394 e. The van der Waals surface area contributed by atoms with Gasteiger partial charge in [0.15, 0.2) is 0 Å². The molecule has 2 rings (SSSR count). The van der Waals surface area contributed by atoms with Gasteiger partial charge in [0.1, 0.15) is 23.0 Å². The lowest BCUT2D eigenvalue weighted by molar-refractivity contribution is -0.255. The molecule has 124 valence electrons. The van der Waals surface area contributed by atoms with Gasteiger partial charge in [-0.3, -0.25) is 0 Å². The minimum absolute atomic E-state index is 0.0920. The summed E-state index contributed by atoms with van der Waals surface area (Å²) in [4.78, 5) is 0. The number of halogens is 4. The van der Waals surface area contributed by atoms with Crippen LogP contribution in [0.1, 0.15) is 64.2 Å². The Kier molecular flexibility index (Phi) is 6.22. The molecule has 3 atom stereocenters. The highest BCUT2D eigenvalue weighted by atomic mass is 127. The average molecular weight is 420 g/mol. The van der Waals surface area contributed by atoms with Crippen LogP contribution < -0.4 is 0 Å². The summed E-state index contributed by atoms with van der Waals surface area (Å²) in [6.07, 6.45) is 0.327. The van der Waals surface area contributed by atoms with E-state index in [1.807, 2.05) is 0 Å². The van der Waals surface area contributed by atoms with Crippen molar-refractivity contribution in [2.24, 2.45) is 11.3 Å². The molecular formula is C15H24F3IO2. The maximum absolute atomic E-state index is 14.0. The molecule has 0 saturated heterocycles. The highest BCUT2D eigenvalue weighted by Gasteiger charge is 2.60. The Hall–Kier alpha value is 0.440. The van der Waals surface area contributed by atoms with Crippen molar-refractivity contribution >= 4 is 23.0 Å². The van der Waals surface area contributed by atoms with Crippen molar-refractivity contribution in [3.05, 3.63) is 0 Å². The summed E-state index contributed by atoms with van der Waals surface area (Å²) in [5.74, 6) is -0.320. The molecule has 0 aliphatic heterocycles. The van der Waals surface area contributed by atoms with E-state index in [0.717, 1.165) is 25.7 Å². The number of aliphatic hydroxyl groups is 1. The van der Waals surface area contributed by atoms with Crippen molar-refractivity contribution in [2.45, 2.75) is 82.6 Å². The van der Waals surface area contributed by atoms with E-state index in [4.69, 9.17) is 3.07 Å². The zero-order valence-electron chi connectivity index (χ0n) is 12.2. The summed E-state index contributed by atoms with van der Waals surface area (Å²) < 4.78 is 47.1. The number of rotatable bonds is 2. The third kappa shape index (κ3) is 3.86. The Morgan fingerprint density at radius 3 is 2.14 bits per heavy atom. The molecule has 0 radical (unpaired) electrons. The normalized spacial score (nSPS) is 37.0. The van der Waals surface area contributed by atoms with Gasteiger partial charge in [0.05, 0.1) is 17.6 Å². The van der Waals surface area contributed by atoms with Crippen LogP contribution in [0, 0.1) is 11.3 Å². The third-order valence-electron chi connectivity index (χ3n) is 5.43. The van der Waals surface area contributed by atoms with Gasteiger partial charge >= 0.3 is 6.18 Å². The quantitative estimate of drug-likeness (QED) is 0.493. The molecule has 2 nitrogen and oxygen atoms in total. The molecule has 0 aromatic rings. The molecule has 2 fully saturated rings. The molecule has 2 aliphatic rings. The molecule has 1 N–H and O–H groups in total. The topological polar surface area (TPSA) is 29.5 Å². The SMILES string of the molecule is OC1CCCC(C2CCCCCC2)(C(F)(F)F)CC1OI. The molecule has 0 aromatic carbocycles. The molecular weight excluding hydrogens is 396 g/mol. The van der Waals surface area contributed by atoms with Gasteiger partial charge in [0, 0.05) is 0 Å². The zero-order chi connectivity index (χ0) is 15.5. The Bertz CT molecular complexity index is 329. The lowest BCUT2D eigenvalue weighted by atomic mass is 9.66. The van der Waals surface area contributed by atoms with Gasteiger partial charge in [-0.05, 0) is 44.4 Å². The highest BCUT2D eigenvalue weighted by Crippen LogP contribution is 2.56. The van der Waals surface area contributed by atoms with Crippen LogP contribution in [0.5, 0.6) is 0 Å². The van der Waals surface area contributed by atoms with Crippen LogP contribution in [0.15, 0.2) is 0 Å². The minimum atomic E-state index is -4.22. The fraction of sp³-hybridized carbons (Fsp3) is 1.00. The Balaban J connectivity index is 2.31. The van der Waals surface area contributed by atoms with E-state index in [1.165, 1.54) is 0 Å². The molecule has 0 spiro atoms. The predicted octanol–water partition coefficient (Wildman–Crippen LogP) is 5.18. The first kappa shape index (κ1) is 17.8. The predicted molar refractivity (Wildman–Crippen MR) is 83.0 cm³/mol. The molecule has 2 aliphatic carbocycles. The fourth-order valence-corrected chi connectivity index (χ4v) is 4.71. The maximum Gasteiger partial charge on any atom is 0.394 e. The van der Waals surface area contributed by atoms with Gasteiger partial charge in [0.2, 0.25) is 0 Å². The highest BCUT2D eigenvalue weighted by molar-refractivity contribution is 14.1. The first-order chi connectivity index (χ1) is 9.90. The van der Waals surface area contributed by atoms with Crippen LogP contribution >= 0.6 is 23.0 Å². The second kappa shape index (κ2) is 7.34. The molecule has 21 heavy (non-hydrogen) atoms. The van der Waals surface area contributed by atoms with Crippen LogP contribution in [-0.4, -0.2) is 23.5 Å². The molecule has 0 aromatic heterocycles. The number of alkyl halides is 3. The zero-order valence-corrected chi connectivity index (χ0v) is 14.3. The second-order valence-corrected chi connectivity index (χ2v) is 7.14. The summed E-state index contributed by atoms with van der Waals surface area (Å²) in [6.45, 7) is 0. The van der Waals surface area contributed by atoms with Crippen LogP contribution in [0.2, 0.25) is 0 Å². The molecule has 0 heterocycles. The van der Waals surface area contributed by atoms with E-state index in [2.05, 4.69) is 0 Å². The third-order valence-corrected chi connectivity index (χ3v) is 6.09. The molecule has 0 amide bonds. The summed E-state index contributed by atoms with van der Waals surface area (Å²) in [6, 6.07) is 0. The summed E-state index contributed by atoms with van der Waals surface area (Å²) in [5, 5.41) is 10.0. The van der Waals surface area contributed by atoms with Gasteiger partial charge in [-0.15, -0.1) is 0 Å². The van der Waals surface area contributed by atoms with Crippen molar-refractivity contribution in [3.8, 4) is 0 Å². The van der Waals surface area contributed by atoms with Crippen LogP contribution in [0.3, 0.4) is 0 Å². The fourth-order valence-electron chi connectivity index (χ4n) is 4.19. The Morgan fingerprint density at radius 2 is 1.62 bits per heavy atom. The number of hydrogen-bond donors (Lipinski definition) is 1. The van der Waals surface area contributed by atoms with E-state index >= 15 is 0 Å². The monoisotopic (exact) mass is 420 g/mol. The average Bonchev–Trinajstić information content (AvgIpc) is 2.77. The number of hydrogen-bond acceptors (Lipinski definition) is 2.